The summed E-state index contributed by atoms with van der Waals surface area (Å²) in [7, 11) is 0. The lowest BCUT2D eigenvalue weighted by Gasteiger charge is -2.12. The topological polar surface area (TPSA) is 50.7 Å². The molecule has 124 valence electrons. The van der Waals surface area contributed by atoms with E-state index in [1.165, 1.54) is 0 Å². The molecule has 0 aromatic heterocycles. The van der Waals surface area contributed by atoms with Crippen molar-refractivity contribution in [1.82, 2.24) is 0 Å². The third-order valence-electron chi connectivity index (χ3n) is 3.77. The van der Waals surface area contributed by atoms with Crippen molar-refractivity contribution in [3.05, 3.63) is 64.2 Å². The summed E-state index contributed by atoms with van der Waals surface area (Å²) in [4.78, 5) is 17.1. The SMILES string of the molecule is CCCOC1N=C(c2ccccc2Cl)c2cc(C)ccc2NC1=O. The number of ether oxygens (including phenoxy) is 1. The lowest BCUT2D eigenvalue weighted by molar-refractivity contribution is -0.126. The molecule has 0 radical (unpaired) electrons. The van der Waals surface area contributed by atoms with Crippen molar-refractivity contribution in [2.45, 2.75) is 26.5 Å². The first kappa shape index (κ1) is 16.7. The van der Waals surface area contributed by atoms with Gasteiger partial charge in [0.2, 0.25) is 6.23 Å². The van der Waals surface area contributed by atoms with Crippen molar-refractivity contribution in [2.24, 2.45) is 4.99 Å². The average Bonchev–Trinajstić information content (AvgIpc) is 2.70. The molecule has 5 heteroatoms. The smallest absolute Gasteiger partial charge is 0.276 e. The van der Waals surface area contributed by atoms with Crippen molar-refractivity contribution >= 4 is 28.9 Å². The summed E-state index contributed by atoms with van der Waals surface area (Å²) in [5.74, 6) is -0.268. The van der Waals surface area contributed by atoms with Gasteiger partial charge >= 0.3 is 0 Å². The first-order valence-electron chi connectivity index (χ1n) is 7.96. The van der Waals surface area contributed by atoms with E-state index in [4.69, 9.17) is 16.3 Å². The zero-order valence-electron chi connectivity index (χ0n) is 13.7. The standard InChI is InChI=1S/C19H19ClN2O2/c1-3-10-24-19-18(23)21-16-9-8-12(2)11-14(16)17(22-19)13-6-4-5-7-15(13)20/h4-9,11,19H,3,10H2,1-2H3,(H,21,23). The van der Waals surface area contributed by atoms with Gasteiger partial charge in [-0.05, 0) is 31.5 Å². The highest BCUT2D eigenvalue weighted by Gasteiger charge is 2.27. The number of carbonyl (C=O) groups is 1. The van der Waals surface area contributed by atoms with E-state index in [0.29, 0.717) is 23.0 Å². The van der Waals surface area contributed by atoms with Crippen molar-refractivity contribution in [2.75, 3.05) is 11.9 Å². The fourth-order valence-electron chi connectivity index (χ4n) is 2.61. The normalized spacial score (nSPS) is 16.9. The zero-order chi connectivity index (χ0) is 17.1. The van der Waals surface area contributed by atoms with Crippen molar-refractivity contribution < 1.29 is 9.53 Å². The number of halogens is 1. The number of hydrogen-bond donors (Lipinski definition) is 1. The van der Waals surface area contributed by atoms with Crippen molar-refractivity contribution in [3.8, 4) is 0 Å². The summed E-state index contributed by atoms with van der Waals surface area (Å²) in [6, 6.07) is 13.3. The highest BCUT2D eigenvalue weighted by atomic mass is 35.5. The summed E-state index contributed by atoms with van der Waals surface area (Å²) < 4.78 is 5.63. The number of nitrogens with one attached hydrogen (secondary N) is 1. The minimum absolute atomic E-state index is 0.268. The first-order valence-corrected chi connectivity index (χ1v) is 8.34. The molecule has 1 unspecified atom stereocenters. The Hall–Kier alpha value is -2.17. The van der Waals surface area contributed by atoms with Gasteiger partial charge in [0.15, 0.2) is 0 Å². The predicted octanol–water partition coefficient (Wildman–Crippen LogP) is 4.19. The van der Waals surface area contributed by atoms with E-state index in [9.17, 15) is 4.79 Å². The van der Waals surface area contributed by atoms with E-state index in [1.54, 1.807) is 0 Å². The fourth-order valence-corrected chi connectivity index (χ4v) is 2.84. The van der Waals surface area contributed by atoms with E-state index >= 15 is 0 Å². The number of benzodiazepines with no additional fused rings is 1. The van der Waals surface area contributed by atoms with Gasteiger partial charge in [-0.1, -0.05) is 48.4 Å². The number of anilines is 1. The predicted molar refractivity (Wildman–Crippen MR) is 96.9 cm³/mol. The molecule has 1 aliphatic rings. The van der Waals surface area contributed by atoms with E-state index in [1.807, 2.05) is 56.3 Å². The largest absolute Gasteiger partial charge is 0.348 e. The van der Waals surface area contributed by atoms with E-state index in [2.05, 4.69) is 10.3 Å². The second-order valence-electron chi connectivity index (χ2n) is 5.72. The molecule has 0 aliphatic carbocycles. The third kappa shape index (κ3) is 3.35. The number of fused-ring (bicyclic) bond motifs is 1. The Morgan fingerprint density at radius 3 is 2.75 bits per heavy atom. The molecule has 2 aromatic carbocycles. The molecular weight excluding hydrogens is 324 g/mol. The molecule has 1 amide bonds. The Morgan fingerprint density at radius 2 is 2.00 bits per heavy atom. The van der Waals surface area contributed by atoms with Crippen LogP contribution in [0.2, 0.25) is 5.02 Å². The van der Waals surface area contributed by atoms with Crippen LogP contribution in [0.5, 0.6) is 0 Å². The maximum Gasteiger partial charge on any atom is 0.276 e. The molecule has 1 heterocycles. The lowest BCUT2D eigenvalue weighted by atomic mass is 9.99. The summed E-state index contributed by atoms with van der Waals surface area (Å²) in [6.45, 7) is 4.46. The fraction of sp³-hybridized carbons (Fsp3) is 0.263. The first-order chi connectivity index (χ1) is 11.6. The Bertz CT molecular complexity index is 802. The van der Waals surface area contributed by atoms with Crippen LogP contribution in [-0.2, 0) is 9.53 Å². The van der Waals surface area contributed by atoms with Gasteiger partial charge in [-0.15, -0.1) is 0 Å². The van der Waals surface area contributed by atoms with Crippen LogP contribution in [0, 0.1) is 6.92 Å². The molecule has 0 spiro atoms. The minimum Gasteiger partial charge on any atom is -0.348 e. The van der Waals surface area contributed by atoms with Gasteiger partial charge in [-0.3, -0.25) is 4.79 Å². The van der Waals surface area contributed by atoms with Crippen molar-refractivity contribution in [3.63, 3.8) is 0 Å². The molecule has 3 rings (SSSR count). The molecule has 1 atom stereocenters. The molecule has 24 heavy (non-hydrogen) atoms. The summed E-state index contributed by atoms with van der Waals surface area (Å²) in [5.41, 5.74) is 4.09. The molecule has 4 nitrogen and oxygen atoms in total. The number of amides is 1. The molecule has 1 aliphatic heterocycles. The number of aryl methyl sites for hydroxylation is 1. The van der Waals surface area contributed by atoms with Crippen LogP contribution in [0.25, 0.3) is 0 Å². The number of rotatable bonds is 4. The number of carbonyl (C=O) groups excluding carboxylic acids is 1. The molecule has 1 N–H and O–H groups in total. The summed E-state index contributed by atoms with van der Waals surface area (Å²) in [6.07, 6.45) is -0.0730. The third-order valence-corrected chi connectivity index (χ3v) is 4.10. The van der Waals surface area contributed by atoms with Crippen LogP contribution in [0.3, 0.4) is 0 Å². The van der Waals surface area contributed by atoms with E-state index in [-0.39, 0.29) is 5.91 Å². The van der Waals surface area contributed by atoms with Gasteiger partial charge in [-0.25, -0.2) is 4.99 Å². The Kier molecular flexibility index (Phi) is 4.97. The van der Waals surface area contributed by atoms with Crippen LogP contribution in [0.4, 0.5) is 5.69 Å². The van der Waals surface area contributed by atoms with Gasteiger partial charge in [0.1, 0.15) is 0 Å². The van der Waals surface area contributed by atoms with Crippen LogP contribution < -0.4 is 5.32 Å². The Labute approximate surface area is 146 Å². The summed E-state index contributed by atoms with van der Waals surface area (Å²) >= 11 is 6.38. The second kappa shape index (κ2) is 7.16. The highest BCUT2D eigenvalue weighted by Crippen LogP contribution is 2.28. The Morgan fingerprint density at radius 1 is 1.21 bits per heavy atom. The zero-order valence-corrected chi connectivity index (χ0v) is 14.4. The molecule has 0 saturated heterocycles. The number of benzene rings is 2. The summed E-state index contributed by atoms with van der Waals surface area (Å²) in [5, 5.41) is 3.50. The van der Waals surface area contributed by atoms with Gasteiger partial charge in [0, 0.05) is 22.8 Å². The molecular formula is C19H19ClN2O2. The van der Waals surface area contributed by atoms with Gasteiger partial charge in [-0.2, -0.15) is 0 Å². The van der Waals surface area contributed by atoms with Crippen LogP contribution in [0.1, 0.15) is 30.0 Å². The van der Waals surface area contributed by atoms with Gasteiger partial charge < -0.3 is 10.1 Å². The number of aliphatic imine (C=N–C) groups is 1. The van der Waals surface area contributed by atoms with Gasteiger partial charge in [0.25, 0.3) is 5.91 Å². The minimum atomic E-state index is -0.885. The Balaban J connectivity index is 2.17. The molecule has 0 saturated carbocycles. The highest BCUT2D eigenvalue weighted by molar-refractivity contribution is 6.36. The number of hydrogen-bond acceptors (Lipinski definition) is 3. The second-order valence-corrected chi connectivity index (χ2v) is 6.13. The quantitative estimate of drug-likeness (QED) is 0.905. The molecule has 0 bridgehead atoms. The monoisotopic (exact) mass is 342 g/mol. The maximum absolute atomic E-state index is 12.5. The lowest BCUT2D eigenvalue weighted by Crippen LogP contribution is -2.28. The molecule has 2 aromatic rings. The van der Waals surface area contributed by atoms with E-state index < -0.39 is 6.23 Å². The van der Waals surface area contributed by atoms with Crippen molar-refractivity contribution in [1.29, 1.82) is 0 Å². The van der Waals surface area contributed by atoms with Crippen LogP contribution in [0.15, 0.2) is 47.5 Å². The van der Waals surface area contributed by atoms with Crippen LogP contribution >= 0.6 is 11.6 Å². The van der Waals surface area contributed by atoms with E-state index in [0.717, 1.165) is 23.1 Å². The van der Waals surface area contributed by atoms with Gasteiger partial charge in [0.05, 0.1) is 11.4 Å². The maximum atomic E-state index is 12.5. The average molecular weight is 343 g/mol. The molecule has 0 fully saturated rings. The number of nitrogens with zero attached hydrogens (tertiary/aromatic N) is 1. The van der Waals surface area contributed by atoms with Crippen LogP contribution in [-0.4, -0.2) is 24.5 Å².